The van der Waals surface area contributed by atoms with Crippen LogP contribution in [0.15, 0.2) is 0 Å². The molecule has 1 aliphatic heterocycles. The molecule has 1 aliphatic carbocycles. The Bertz CT molecular complexity index is 277. The molecule has 0 bridgehead atoms. The van der Waals surface area contributed by atoms with E-state index in [1.165, 1.54) is 0 Å². The van der Waals surface area contributed by atoms with E-state index in [1.54, 1.807) is 4.90 Å². The zero-order valence-electron chi connectivity index (χ0n) is 8.51. The van der Waals surface area contributed by atoms with E-state index in [2.05, 4.69) is 0 Å². The van der Waals surface area contributed by atoms with Gasteiger partial charge in [0.2, 0.25) is 0 Å². The van der Waals surface area contributed by atoms with E-state index < -0.39 is 17.3 Å². The van der Waals surface area contributed by atoms with Crippen molar-refractivity contribution in [1.82, 2.24) is 4.90 Å². The highest BCUT2D eigenvalue weighted by atomic mass is 19.3. The number of aliphatic carboxylic acids is 1. The van der Waals surface area contributed by atoms with E-state index in [-0.39, 0.29) is 19.5 Å². The number of hydrogen-bond donors (Lipinski definition) is 1. The molecule has 1 saturated heterocycles. The van der Waals surface area contributed by atoms with Crippen LogP contribution < -0.4 is 0 Å². The molecule has 15 heavy (non-hydrogen) atoms. The number of rotatable bonds is 3. The fourth-order valence-electron chi connectivity index (χ4n) is 2.41. The van der Waals surface area contributed by atoms with Crippen molar-refractivity contribution in [3.05, 3.63) is 0 Å². The third kappa shape index (κ3) is 1.97. The van der Waals surface area contributed by atoms with Crippen molar-refractivity contribution in [1.29, 1.82) is 0 Å². The van der Waals surface area contributed by atoms with Gasteiger partial charge in [-0.15, -0.1) is 0 Å². The maximum Gasteiger partial charge on any atom is 0.310 e. The summed E-state index contributed by atoms with van der Waals surface area (Å²) in [7, 11) is 0. The molecule has 0 spiro atoms. The first-order chi connectivity index (χ1) is 6.94. The van der Waals surface area contributed by atoms with Crippen LogP contribution >= 0.6 is 0 Å². The highest BCUT2D eigenvalue weighted by Crippen LogP contribution is 2.43. The Morgan fingerprint density at radius 1 is 1.33 bits per heavy atom. The number of carbonyl (C=O) groups is 1. The Labute approximate surface area is 87.1 Å². The first kappa shape index (κ1) is 10.8. The molecule has 2 fully saturated rings. The largest absolute Gasteiger partial charge is 0.481 e. The summed E-state index contributed by atoms with van der Waals surface area (Å²) in [5.41, 5.74) is -0.736. The molecule has 1 N–H and O–H groups in total. The molecule has 5 heteroatoms. The number of likely N-dealkylation sites (tertiary alicyclic amines) is 1. The number of alkyl halides is 2. The molecule has 3 nitrogen and oxygen atoms in total. The van der Waals surface area contributed by atoms with Gasteiger partial charge in [0.1, 0.15) is 0 Å². The minimum atomic E-state index is -2.62. The fraction of sp³-hybridized carbons (Fsp3) is 0.900. The summed E-state index contributed by atoms with van der Waals surface area (Å²) in [5, 5.41) is 9.06. The Morgan fingerprint density at radius 2 is 2.00 bits per heavy atom. The van der Waals surface area contributed by atoms with Gasteiger partial charge < -0.3 is 5.11 Å². The van der Waals surface area contributed by atoms with Gasteiger partial charge in [0.25, 0.3) is 5.92 Å². The molecule has 0 amide bonds. The van der Waals surface area contributed by atoms with Gasteiger partial charge in [-0.05, 0) is 12.8 Å². The van der Waals surface area contributed by atoms with Crippen molar-refractivity contribution in [2.75, 3.05) is 19.6 Å². The molecular weight excluding hydrogens is 204 g/mol. The van der Waals surface area contributed by atoms with Crippen molar-refractivity contribution in [3.63, 3.8) is 0 Å². The van der Waals surface area contributed by atoms with E-state index in [9.17, 15) is 13.6 Å². The molecule has 86 valence electrons. The smallest absolute Gasteiger partial charge is 0.310 e. The van der Waals surface area contributed by atoms with E-state index in [0.29, 0.717) is 19.4 Å². The summed E-state index contributed by atoms with van der Waals surface area (Å²) in [5.74, 6) is -3.45. The summed E-state index contributed by atoms with van der Waals surface area (Å²) < 4.78 is 25.8. The van der Waals surface area contributed by atoms with Gasteiger partial charge in [0.05, 0.1) is 12.0 Å². The van der Waals surface area contributed by atoms with Crippen LogP contribution in [0.25, 0.3) is 0 Å². The summed E-state index contributed by atoms with van der Waals surface area (Å²) in [6.07, 6.45) is 2.02. The van der Waals surface area contributed by atoms with Crippen LogP contribution in [0.4, 0.5) is 8.78 Å². The third-order valence-electron chi connectivity index (χ3n) is 3.54. The van der Waals surface area contributed by atoms with Crippen molar-refractivity contribution in [3.8, 4) is 0 Å². The predicted molar refractivity (Wildman–Crippen MR) is 49.9 cm³/mol. The first-order valence-electron chi connectivity index (χ1n) is 5.27. The Hall–Kier alpha value is -0.710. The van der Waals surface area contributed by atoms with Crippen LogP contribution in [0.3, 0.4) is 0 Å². The maximum absolute atomic E-state index is 12.9. The quantitative estimate of drug-likeness (QED) is 0.783. The zero-order valence-corrected chi connectivity index (χ0v) is 8.51. The number of carboxylic acid groups (broad SMARTS) is 1. The standard InChI is InChI=1S/C10H15F2NO2/c11-10(12)4-5-13(7-10)6-9(8(14)15)2-1-3-9/h1-7H2,(H,14,15). The zero-order chi connectivity index (χ0) is 11.1. The molecule has 0 aromatic carbocycles. The van der Waals surface area contributed by atoms with Gasteiger partial charge >= 0.3 is 5.97 Å². The van der Waals surface area contributed by atoms with Crippen LogP contribution in [-0.2, 0) is 4.79 Å². The molecule has 0 atom stereocenters. The maximum atomic E-state index is 12.9. The third-order valence-corrected chi connectivity index (χ3v) is 3.54. The van der Waals surface area contributed by atoms with Crippen molar-refractivity contribution < 1.29 is 18.7 Å². The number of halogens is 2. The summed E-state index contributed by atoms with van der Waals surface area (Å²) in [6.45, 7) is 0.335. The van der Waals surface area contributed by atoms with Crippen molar-refractivity contribution in [2.45, 2.75) is 31.6 Å². The molecule has 0 unspecified atom stereocenters. The second-order valence-corrected chi connectivity index (χ2v) is 4.76. The monoisotopic (exact) mass is 219 g/mol. The summed E-state index contributed by atoms with van der Waals surface area (Å²) >= 11 is 0. The lowest BCUT2D eigenvalue weighted by Gasteiger charge is -2.40. The van der Waals surface area contributed by atoms with Crippen LogP contribution in [-0.4, -0.2) is 41.5 Å². The normalized spacial score (nSPS) is 28.7. The lowest BCUT2D eigenvalue weighted by molar-refractivity contribution is -0.156. The molecule has 0 aromatic heterocycles. The lowest BCUT2D eigenvalue weighted by Crippen LogP contribution is -2.47. The van der Waals surface area contributed by atoms with E-state index in [4.69, 9.17) is 5.11 Å². The number of carboxylic acids is 1. The molecule has 2 aliphatic rings. The molecule has 1 saturated carbocycles. The molecule has 1 heterocycles. The lowest BCUT2D eigenvalue weighted by atomic mass is 9.68. The first-order valence-corrected chi connectivity index (χ1v) is 5.27. The van der Waals surface area contributed by atoms with Gasteiger partial charge in [0, 0.05) is 19.5 Å². The second kappa shape index (κ2) is 3.40. The van der Waals surface area contributed by atoms with E-state index >= 15 is 0 Å². The highest BCUT2D eigenvalue weighted by Gasteiger charge is 2.48. The summed E-state index contributed by atoms with van der Waals surface area (Å²) in [6, 6.07) is 0. The molecule has 0 radical (unpaired) electrons. The van der Waals surface area contributed by atoms with Gasteiger partial charge in [-0.3, -0.25) is 9.69 Å². The fourth-order valence-corrected chi connectivity index (χ4v) is 2.41. The van der Waals surface area contributed by atoms with Crippen molar-refractivity contribution in [2.24, 2.45) is 5.41 Å². The van der Waals surface area contributed by atoms with Gasteiger partial charge in [-0.25, -0.2) is 8.78 Å². The van der Waals surface area contributed by atoms with Crippen molar-refractivity contribution >= 4 is 5.97 Å². The Balaban J connectivity index is 1.94. The number of nitrogens with zero attached hydrogens (tertiary/aromatic N) is 1. The van der Waals surface area contributed by atoms with Crippen LogP contribution in [0, 0.1) is 5.41 Å². The minimum absolute atomic E-state index is 0.136. The Kier molecular flexibility index (Phi) is 2.45. The predicted octanol–water partition coefficient (Wildman–Crippen LogP) is 1.58. The highest BCUT2D eigenvalue weighted by molar-refractivity contribution is 5.76. The second-order valence-electron chi connectivity index (χ2n) is 4.76. The molecule has 2 rings (SSSR count). The number of hydrogen-bond acceptors (Lipinski definition) is 2. The topological polar surface area (TPSA) is 40.5 Å². The SMILES string of the molecule is O=C(O)C1(CN2CCC(F)(F)C2)CCC1. The average Bonchev–Trinajstić information content (AvgIpc) is 2.37. The minimum Gasteiger partial charge on any atom is -0.481 e. The van der Waals surface area contributed by atoms with Gasteiger partial charge in [-0.2, -0.15) is 0 Å². The average molecular weight is 219 g/mol. The van der Waals surface area contributed by atoms with Crippen LogP contribution in [0.1, 0.15) is 25.7 Å². The van der Waals surface area contributed by atoms with E-state index in [0.717, 1.165) is 6.42 Å². The molecular formula is C10H15F2NO2. The van der Waals surface area contributed by atoms with E-state index in [1.807, 2.05) is 0 Å². The summed E-state index contributed by atoms with van der Waals surface area (Å²) in [4.78, 5) is 12.6. The van der Waals surface area contributed by atoms with Gasteiger partial charge in [0.15, 0.2) is 0 Å². The molecule has 0 aromatic rings. The van der Waals surface area contributed by atoms with Gasteiger partial charge in [-0.1, -0.05) is 6.42 Å². The Morgan fingerprint density at radius 3 is 2.33 bits per heavy atom. The van der Waals surface area contributed by atoms with Crippen LogP contribution in [0.5, 0.6) is 0 Å². The van der Waals surface area contributed by atoms with Crippen LogP contribution in [0.2, 0.25) is 0 Å².